The number of likely N-dealkylation sites (N-methyl/N-ethyl adjacent to an activating group) is 1. The van der Waals surface area contributed by atoms with Crippen LogP contribution in [0.3, 0.4) is 0 Å². The number of rotatable bonds is 10. The van der Waals surface area contributed by atoms with Gasteiger partial charge in [0.25, 0.3) is 5.91 Å². The van der Waals surface area contributed by atoms with E-state index in [0.717, 1.165) is 31.2 Å². The smallest absolute Gasteiger partial charge is 0.318 e. The molecule has 11 heteroatoms. The van der Waals surface area contributed by atoms with E-state index in [0.29, 0.717) is 24.3 Å². The van der Waals surface area contributed by atoms with Gasteiger partial charge in [0.05, 0.1) is 23.8 Å². The summed E-state index contributed by atoms with van der Waals surface area (Å²) in [6.45, 7) is 9.05. The molecule has 5 rings (SSSR count). The summed E-state index contributed by atoms with van der Waals surface area (Å²) in [6.07, 6.45) is 4.99. The van der Waals surface area contributed by atoms with E-state index in [4.69, 9.17) is 0 Å². The van der Waals surface area contributed by atoms with Gasteiger partial charge in [-0.1, -0.05) is 36.9 Å². The maximum absolute atomic E-state index is 13.8. The van der Waals surface area contributed by atoms with Crippen molar-refractivity contribution in [2.75, 3.05) is 32.5 Å². The number of carbonyl (C=O) groups excluding carboxylic acids is 3. The molecule has 2 heterocycles. The van der Waals surface area contributed by atoms with Crippen LogP contribution in [-0.4, -0.2) is 84.7 Å². The Morgan fingerprint density at radius 2 is 1.76 bits per heavy atom. The van der Waals surface area contributed by atoms with Crippen molar-refractivity contribution >= 4 is 23.5 Å². The van der Waals surface area contributed by atoms with Crippen LogP contribution in [0.5, 0.6) is 0 Å². The first-order valence-corrected chi connectivity index (χ1v) is 15.9. The summed E-state index contributed by atoms with van der Waals surface area (Å²) in [4.78, 5) is 42.4. The normalized spacial score (nSPS) is 26.2. The van der Waals surface area contributed by atoms with Gasteiger partial charge in [0.15, 0.2) is 0 Å². The number of fused-ring (bicyclic) bond motifs is 1. The number of hydrogen-bond acceptors (Lipinski definition) is 7. The van der Waals surface area contributed by atoms with E-state index in [1.807, 2.05) is 37.2 Å². The largest absolute Gasteiger partial charge is 0.349 e. The van der Waals surface area contributed by atoms with Gasteiger partial charge < -0.3 is 25.8 Å². The number of amides is 4. The summed E-state index contributed by atoms with van der Waals surface area (Å²) in [5, 5.41) is 13.0. The fourth-order valence-corrected chi connectivity index (χ4v) is 7.03. The molecule has 0 spiro atoms. The molecule has 0 radical (unpaired) electrons. The van der Waals surface area contributed by atoms with Crippen LogP contribution in [0.1, 0.15) is 61.5 Å². The van der Waals surface area contributed by atoms with Crippen molar-refractivity contribution in [3.63, 3.8) is 0 Å². The maximum Gasteiger partial charge on any atom is 0.318 e. The lowest BCUT2D eigenvalue weighted by Crippen LogP contribution is -2.58. The molecule has 3 unspecified atom stereocenters. The summed E-state index contributed by atoms with van der Waals surface area (Å²) in [6, 6.07) is 17.2. The van der Waals surface area contributed by atoms with Crippen molar-refractivity contribution in [2.24, 2.45) is 5.92 Å². The molecular weight excluding hydrogens is 568 g/mol. The minimum absolute atomic E-state index is 0.00320. The number of hydrogen-bond donors (Lipinski definition) is 6. The van der Waals surface area contributed by atoms with Gasteiger partial charge in [0.1, 0.15) is 0 Å². The molecule has 1 saturated carbocycles. The molecule has 4 amide bonds. The first-order chi connectivity index (χ1) is 21.5. The SMILES string of the molecule is C=CC(=O)Nc1ccc(C(=O)N[C@@H]2CCC[C@@H](NC3NNC4C3CN(C(=O)N[C@H](CN(C)C)c3ccccc3)C4(C)C)C2)cc1. The quantitative estimate of drug-likeness (QED) is 0.227. The highest BCUT2D eigenvalue weighted by Gasteiger charge is 2.55. The summed E-state index contributed by atoms with van der Waals surface area (Å²) in [7, 11) is 4.04. The maximum atomic E-state index is 13.8. The summed E-state index contributed by atoms with van der Waals surface area (Å²) >= 11 is 0. The van der Waals surface area contributed by atoms with Gasteiger partial charge in [-0.3, -0.25) is 20.3 Å². The van der Waals surface area contributed by atoms with E-state index in [2.05, 4.69) is 69.6 Å². The third-order valence-electron chi connectivity index (χ3n) is 9.42. The second-order valence-corrected chi connectivity index (χ2v) is 13.3. The van der Waals surface area contributed by atoms with E-state index in [1.165, 1.54) is 6.08 Å². The van der Waals surface area contributed by atoms with Gasteiger partial charge in [-0.05, 0) is 89.5 Å². The number of carbonyl (C=O) groups is 3. The van der Waals surface area contributed by atoms with Gasteiger partial charge in [0.2, 0.25) is 5.91 Å². The lowest BCUT2D eigenvalue weighted by molar-refractivity contribution is -0.111. The highest BCUT2D eigenvalue weighted by molar-refractivity contribution is 5.99. The van der Waals surface area contributed by atoms with Crippen molar-refractivity contribution in [3.05, 3.63) is 78.4 Å². The van der Waals surface area contributed by atoms with Crippen LogP contribution in [0.25, 0.3) is 0 Å². The fourth-order valence-electron chi connectivity index (χ4n) is 7.03. The Labute approximate surface area is 266 Å². The standard InChI is InChI=1S/C34H48N8O3/c1-6-29(43)35-24-17-15-23(16-18-24)32(44)37-26-14-10-13-25(19-26)36-31-27-20-42(34(2,3)30(27)39-40-31)33(45)38-28(21-41(4)5)22-11-8-7-9-12-22/h6-9,11-12,15-18,25-28,30-31,36,39-40H,1,10,13-14,19-21H2,2-5H3,(H,35,43)(H,37,44)(H,38,45)/t25-,26-,27?,28-,30?,31?/m1/s1. The highest BCUT2D eigenvalue weighted by Crippen LogP contribution is 2.37. The molecule has 6 atom stereocenters. The summed E-state index contributed by atoms with van der Waals surface area (Å²) < 4.78 is 0. The van der Waals surface area contributed by atoms with Gasteiger partial charge >= 0.3 is 6.03 Å². The Balaban J connectivity index is 1.17. The van der Waals surface area contributed by atoms with Crippen molar-refractivity contribution in [1.29, 1.82) is 0 Å². The van der Waals surface area contributed by atoms with Crippen molar-refractivity contribution in [1.82, 2.24) is 36.6 Å². The molecule has 1 aliphatic carbocycles. The molecule has 3 fully saturated rings. The Bertz CT molecular complexity index is 1350. The highest BCUT2D eigenvalue weighted by atomic mass is 16.2. The number of benzene rings is 2. The molecule has 2 aromatic carbocycles. The minimum Gasteiger partial charge on any atom is -0.349 e. The molecule has 0 bridgehead atoms. The van der Waals surface area contributed by atoms with E-state index < -0.39 is 5.54 Å². The number of urea groups is 1. The summed E-state index contributed by atoms with van der Waals surface area (Å²) in [5.74, 6) is -0.227. The second-order valence-electron chi connectivity index (χ2n) is 13.3. The minimum atomic E-state index is -0.398. The number of likely N-dealkylation sites (tertiary alicyclic amines) is 1. The van der Waals surface area contributed by atoms with E-state index in [1.54, 1.807) is 24.3 Å². The molecule has 11 nitrogen and oxygen atoms in total. The van der Waals surface area contributed by atoms with Crippen LogP contribution in [0.15, 0.2) is 67.3 Å². The van der Waals surface area contributed by atoms with Crippen molar-refractivity contribution < 1.29 is 14.4 Å². The zero-order chi connectivity index (χ0) is 32.1. The predicted octanol–water partition coefficient (Wildman–Crippen LogP) is 2.97. The average Bonchev–Trinajstić information content (AvgIpc) is 3.54. The van der Waals surface area contributed by atoms with Crippen LogP contribution in [0.4, 0.5) is 10.5 Å². The van der Waals surface area contributed by atoms with E-state index in [9.17, 15) is 14.4 Å². The first-order valence-electron chi connectivity index (χ1n) is 15.9. The van der Waals surface area contributed by atoms with Crippen molar-refractivity contribution in [3.8, 4) is 0 Å². The summed E-state index contributed by atoms with van der Waals surface area (Å²) in [5.41, 5.74) is 8.82. The molecule has 242 valence electrons. The van der Waals surface area contributed by atoms with E-state index >= 15 is 0 Å². The molecule has 0 aromatic heterocycles. The number of hydrazine groups is 1. The van der Waals surface area contributed by atoms with Crippen LogP contribution >= 0.6 is 0 Å². The molecular formula is C34H48N8O3. The lowest BCUT2D eigenvalue weighted by atomic mass is 9.87. The molecule has 2 saturated heterocycles. The van der Waals surface area contributed by atoms with Crippen LogP contribution in [-0.2, 0) is 4.79 Å². The molecule has 2 aliphatic heterocycles. The third kappa shape index (κ3) is 7.73. The zero-order valence-corrected chi connectivity index (χ0v) is 26.8. The molecule has 45 heavy (non-hydrogen) atoms. The molecule has 3 aliphatic rings. The van der Waals surface area contributed by atoms with Gasteiger partial charge in [-0.25, -0.2) is 10.2 Å². The third-order valence-corrected chi connectivity index (χ3v) is 9.42. The molecule has 2 aromatic rings. The second kappa shape index (κ2) is 14.1. The average molecular weight is 617 g/mol. The fraction of sp³-hybridized carbons (Fsp3) is 0.500. The van der Waals surface area contributed by atoms with Crippen molar-refractivity contribution in [2.45, 2.75) is 75.4 Å². The first kappa shape index (κ1) is 32.6. The zero-order valence-electron chi connectivity index (χ0n) is 26.8. The Morgan fingerprint density at radius 3 is 2.44 bits per heavy atom. The molecule has 6 N–H and O–H groups in total. The number of anilines is 1. The van der Waals surface area contributed by atoms with E-state index in [-0.39, 0.29) is 54.1 Å². The van der Waals surface area contributed by atoms with Gasteiger partial charge in [-0.15, -0.1) is 0 Å². The Kier molecular flexibility index (Phi) is 10.2. The van der Waals surface area contributed by atoms with Gasteiger partial charge in [-0.2, -0.15) is 0 Å². The number of nitrogens with zero attached hydrogens (tertiary/aromatic N) is 2. The lowest BCUT2D eigenvalue weighted by Gasteiger charge is -2.37. The Hall–Kier alpha value is -3.77. The topological polar surface area (TPSA) is 130 Å². The van der Waals surface area contributed by atoms with Crippen LogP contribution in [0, 0.1) is 5.92 Å². The number of nitrogens with one attached hydrogen (secondary N) is 6. The van der Waals surface area contributed by atoms with Gasteiger partial charge in [0, 0.05) is 42.3 Å². The predicted molar refractivity (Wildman–Crippen MR) is 176 cm³/mol. The monoisotopic (exact) mass is 616 g/mol. The van der Waals surface area contributed by atoms with Crippen LogP contribution < -0.4 is 32.1 Å². The Morgan fingerprint density at radius 1 is 1.04 bits per heavy atom. The van der Waals surface area contributed by atoms with Crippen LogP contribution in [0.2, 0.25) is 0 Å².